The van der Waals surface area contributed by atoms with Crippen LogP contribution in [0.2, 0.25) is 0 Å². The summed E-state index contributed by atoms with van der Waals surface area (Å²) in [6.45, 7) is 0.226. The Hall–Kier alpha value is -3.67. The number of carbonyl (C=O) groups is 4. The van der Waals surface area contributed by atoms with Crippen LogP contribution in [0.5, 0.6) is 0 Å². The summed E-state index contributed by atoms with van der Waals surface area (Å²) >= 11 is 0. The number of benzene rings is 1. The van der Waals surface area contributed by atoms with E-state index in [4.69, 9.17) is 17.2 Å². The lowest BCUT2D eigenvalue weighted by atomic mass is 10.1. The zero-order chi connectivity index (χ0) is 25.1. The highest BCUT2D eigenvalue weighted by atomic mass is 16.4. The number of carbonyl (C=O) groups excluding carboxylic acids is 3. The summed E-state index contributed by atoms with van der Waals surface area (Å²) in [5.41, 5.74) is 17.5. The molecule has 2 rings (SSSR count). The van der Waals surface area contributed by atoms with Crippen LogP contribution in [0.25, 0.3) is 0 Å². The highest BCUT2D eigenvalue weighted by Gasteiger charge is 2.36. The van der Waals surface area contributed by atoms with Gasteiger partial charge in [-0.3, -0.25) is 19.4 Å². The van der Waals surface area contributed by atoms with E-state index in [9.17, 15) is 24.3 Å². The van der Waals surface area contributed by atoms with Crippen molar-refractivity contribution in [2.75, 3.05) is 19.6 Å². The summed E-state index contributed by atoms with van der Waals surface area (Å²) in [5, 5.41) is 14.1. The first kappa shape index (κ1) is 26.6. The molecular weight excluding hydrogens is 442 g/mol. The number of nitrogens with one attached hydrogen (secondary N) is 2. The molecule has 1 aliphatic rings. The Morgan fingerprint density at radius 3 is 2.53 bits per heavy atom. The van der Waals surface area contributed by atoms with Gasteiger partial charge in [0.1, 0.15) is 12.1 Å². The van der Waals surface area contributed by atoms with Crippen LogP contribution in [0.15, 0.2) is 35.3 Å². The molecule has 34 heavy (non-hydrogen) atoms. The van der Waals surface area contributed by atoms with Crippen molar-refractivity contribution >= 4 is 29.7 Å². The number of rotatable bonds is 12. The smallest absolute Gasteiger partial charge is 0.326 e. The van der Waals surface area contributed by atoms with Gasteiger partial charge in [-0.05, 0) is 37.7 Å². The molecule has 0 spiro atoms. The van der Waals surface area contributed by atoms with Crippen LogP contribution < -0.4 is 27.8 Å². The molecule has 1 aromatic carbocycles. The summed E-state index contributed by atoms with van der Waals surface area (Å²) in [4.78, 5) is 54.3. The highest BCUT2D eigenvalue weighted by Crippen LogP contribution is 2.19. The van der Waals surface area contributed by atoms with Crippen LogP contribution in [0.3, 0.4) is 0 Å². The molecule has 0 radical (unpaired) electrons. The van der Waals surface area contributed by atoms with Crippen molar-refractivity contribution in [2.45, 2.75) is 50.2 Å². The zero-order valence-corrected chi connectivity index (χ0v) is 19.0. The number of amides is 3. The molecule has 0 saturated carbocycles. The van der Waals surface area contributed by atoms with Crippen LogP contribution in [0.1, 0.15) is 31.2 Å². The molecule has 0 aliphatic carbocycles. The number of aliphatic carboxylic acids is 1. The Kier molecular flexibility index (Phi) is 10.3. The minimum absolute atomic E-state index is 0.0981. The fourth-order valence-electron chi connectivity index (χ4n) is 3.76. The fraction of sp³-hybridized carbons (Fsp3) is 0.500. The van der Waals surface area contributed by atoms with Crippen LogP contribution in [0, 0.1) is 0 Å². The second-order valence-corrected chi connectivity index (χ2v) is 8.11. The number of guanidine groups is 1. The topological polar surface area (TPSA) is 206 Å². The maximum atomic E-state index is 12.8. The minimum Gasteiger partial charge on any atom is -0.480 e. The lowest BCUT2D eigenvalue weighted by molar-refractivity contribution is -0.142. The summed E-state index contributed by atoms with van der Waals surface area (Å²) in [5.74, 6) is -2.76. The number of carboxylic acid groups (broad SMARTS) is 1. The summed E-state index contributed by atoms with van der Waals surface area (Å²) in [6, 6.07) is 6.71. The molecule has 3 atom stereocenters. The molecule has 0 aromatic heterocycles. The Labute approximate surface area is 197 Å². The molecule has 9 N–H and O–H groups in total. The molecule has 12 nitrogen and oxygen atoms in total. The first-order valence-corrected chi connectivity index (χ1v) is 11.1. The van der Waals surface area contributed by atoms with Crippen molar-refractivity contribution < 1.29 is 24.3 Å². The van der Waals surface area contributed by atoms with Crippen molar-refractivity contribution in [1.29, 1.82) is 0 Å². The highest BCUT2D eigenvalue weighted by molar-refractivity contribution is 5.93. The van der Waals surface area contributed by atoms with Crippen molar-refractivity contribution in [3.63, 3.8) is 0 Å². The molecule has 0 bridgehead atoms. The van der Waals surface area contributed by atoms with E-state index < -0.39 is 42.5 Å². The lowest BCUT2D eigenvalue weighted by Crippen LogP contribution is -2.53. The van der Waals surface area contributed by atoms with Crippen molar-refractivity contribution in [3.8, 4) is 0 Å². The van der Waals surface area contributed by atoms with Gasteiger partial charge < -0.3 is 37.8 Å². The van der Waals surface area contributed by atoms with Crippen LogP contribution in [-0.4, -0.2) is 77.4 Å². The third kappa shape index (κ3) is 8.35. The van der Waals surface area contributed by atoms with E-state index in [1.807, 2.05) is 30.3 Å². The standard InChI is InChI=1S/C22H33N7O5/c23-15(12-14-6-2-1-3-7-14)20(32)29-11-5-9-17(29)19(31)27-13-18(30)28-16(21(33)34)8-4-10-26-22(24)25/h1-3,6-7,15-17H,4-5,8-13,23H2,(H,27,31)(H,28,30)(H,33,34)(H4,24,25,26). The molecule has 12 heteroatoms. The largest absolute Gasteiger partial charge is 0.480 e. The number of likely N-dealkylation sites (tertiary alicyclic amines) is 1. The Morgan fingerprint density at radius 1 is 1.18 bits per heavy atom. The van der Waals surface area contributed by atoms with Gasteiger partial charge in [0, 0.05) is 13.1 Å². The van der Waals surface area contributed by atoms with E-state index in [1.165, 1.54) is 4.90 Å². The van der Waals surface area contributed by atoms with Gasteiger partial charge in [0.2, 0.25) is 17.7 Å². The number of aliphatic imine (C=N–C) groups is 1. The molecule has 1 aromatic rings. The maximum Gasteiger partial charge on any atom is 0.326 e. The van der Waals surface area contributed by atoms with E-state index >= 15 is 0 Å². The number of hydrogen-bond acceptors (Lipinski definition) is 6. The minimum atomic E-state index is -1.20. The second kappa shape index (κ2) is 13.1. The molecule has 186 valence electrons. The monoisotopic (exact) mass is 475 g/mol. The molecule has 1 fully saturated rings. The van der Waals surface area contributed by atoms with Gasteiger partial charge in [-0.1, -0.05) is 30.3 Å². The van der Waals surface area contributed by atoms with E-state index in [2.05, 4.69) is 15.6 Å². The Morgan fingerprint density at radius 2 is 1.88 bits per heavy atom. The summed E-state index contributed by atoms with van der Waals surface area (Å²) < 4.78 is 0. The van der Waals surface area contributed by atoms with Gasteiger partial charge in [-0.15, -0.1) is 0 Å². The average Bonchev–Trinajstić information content (AvgIpc) is 3.29. The zero-order valence-electron chi connectivity index (χ0n) is 19.0. The third-order valence-electron chi connectivity index (χ3n) is 5.46. The molecule has 1 aliphatic heterocycles. The second-order valence-electron chi connectivity index (χ2n) is 8.11. The van der Waals surface area contributed by atoms with E-state index in [0.29, 0.717) is 32.2 Å². The number of nitrogens with two attached hydrogens (primary N) is 3. The normalized spacial score (nSPS) is 16.9. The molecule has 1 saturated heterocycles. The predicted molar refractivity (Wildman–Crippen MR) is 125 cm³/mol. The van der Waals surface area contributed by atoms with Gasteiger partial charge in [-0.25, -0.2) is 4.79 Å². The van der Waals surface area contributed by atoms with Crippen LogP contribution in [-0.2, 0) is 25.6 Å². The fourth-order valence-corrected chi connectivity index (χ4v) is 3.76. The number of hydrogen-bond donors (Lipinski definition) is 6. The van der Waals surface area contributed by atoms with Crippen LogP contribution >= 0.6 is 0 Å². The predicted octanol–water partition coefficient (Wildman–Crippen LogP) is -1.71. The third-order valence-corrected chi connectivity index (χ3v) is 5.46. The first-order chi connectivity index (χ1) is 16.2. The van der Waals surface area contributed by atoms with Crippen LogP contribution in [0.4, 0.5) is 0 Å². The first-order valence-electron chi connectivity index (χ1n) is 11.1. The summed E-state index contributed by atoms with van der Waals surface area (Å²) in [7, 11) is 0. The molecule has 1 heterocycles. The SMILES string of the molecule is NC(N)=NCCCC(NC(=O)CNC(=O)C1CCCN1C(=O)C(N)Cc1ccccc1)C(=O)O. The summed E-state index contributed by atoms with van der Waals surface area (Å²) in [6.07, 6.45) is 1.93. The van der Waals surface area contributed by atoms with Crippen molar-refractivity contribution in [3.05, 3.63) is 35.9 Å². The van der Waals surface area contributed by atoms with Gasteiger partial charge in [0.25, 0.3) is 0 Å². The van der Waals surface area contributed by atoms with Crippen molar-refractivity contribution in [2.24, 2.45) is 22.2 Å². The Bertz CT molecular complexity index is 889. The molecule has 3 amide bonds. The molecule has 3 unspecified atom stereocenters. The van der Waals surface area contributed by atoms with Gasteiger partial charge in [0.15, 0.2) is 5.96 Å². The van der Waals surface area contributed by atoms with E-state index in [0.717, 1.165) is 5.56 Å². The number of carboxylic acids is 1. The average molecular weight is 476 g/mol. The van der Waals surface area contributed by atoms with Crippen molar-refractivity contribution in [1.82, 2.24) is 15.5 Å². The van der Waals surface area contributed by atoms with Gasteiger partial charge in [-0.2, -0.15) is 0 Å². The van der Waals surface area contributed by atoms with Gasteiger partial charge >= 0.3 is 5.97 Å². The van der Waals surface area contributed by atoms with Gasteiger partial charge in [0.05, 0.1) is 12.6 Å². The Balaban J connectivity index is 1.84. The maximum absolute atomic E-state index is 12.8. The number of nitrogens with zero attached hydrogens (tertiary/aromatic N) is 2. The lowest BCUT2D eigenvalue weighted by Gasteiger charge is -2.26. The van der Waals surface area contributed by atoms with E-state index in [1.54, 1.807) is 0 Å². The van der Waals surface area contributed by atoms with E-state index in [-0.39, 0.29) is 24.8 Å². The molecular formula is C22H33N7O5. The quantitative estimate of drug-likeness (QED) is 0.116.